The van der Waals surface area contributed by atoms with Crippen molar-refractivity contribution in [1.82, 2.24) is 10.2 Å². The molecule has 0 aliphatic rings. The zero-order chi connectivity index (χ0) is 29.8. The van der Waals surface area contributed by atoms with Crippen molar-refractivity contribution in [3.8, 4) is 5.75 Å². The van der Waals surface area contributed by atoms with Gasteiger partial charge in [0.25, 0.3) is 0 Å². The van der Waals surface area contributed by atoms with E-state index in [1.807, 2.05) is 44.2 Å². The highest BCUT2D eigenvalue weighted by Crippen LogP contribution is 2.23. The molecule has 0 aromatic heterocycles. The van der Waals surface area contributed by atoms with Crippen LogP contribution in [0, 0.1) is 5.82 Å². The van der Waals surface area contributed by atoms with E-state index in [4.69, 9.17) is 4.74 Å². The fraction of sp³-hybridized carbons (Fsp3) is 0.355. The molecule has 0 saturated heterocycles. The summed E-state index contributed by atoms with van der Waals surface area (Å²) in [6.07, 6.45) is 2.80. The number of nitrogens with zero attached hydrogens (tertiary/aromatic N) is 2. The summed E-state index contributed by atoms with van der Waals surface area (Å²) in [4.78, 5) is 28.8. The van der Waals surface area contributed by atoms with Crippen molar-refractivity contribution >= 4 is 27.5 Å². The first kappa shape index (κ1) is 31.6. The lowest BCUT2D eigenvalue weighted by atomic mass is 10.0. The molecule has 8 nitrogen and oxygen atoms in total. The van der Waals surface area contributed by atoms with Crippen molar-refractivity contribution in [3.05, 3.63) is 95.8 Å². The summed E-state index contributed by atoms with van der Waals surface area (Å²) in [6, 6.07) is 20.6. The van der Waals surface area contributed by atoms with Crippen LogP contribution in [0.15, 0.2) is 78.9 Å². The predicted molar refractivity (Wildman–Crippen MR) is 159 cm³/mol. The number of ether oxygens (including phenoxy) is 1. The molecular weight excluding hydrogens is 545 g/mol. The van der Waals surface area contributed by atoms with Gasteiger partial charge in [-0.2, -0.15) is 0 Å². The third-order valence-electron chi connectivity index (χ3n) is 6.51. The summed E-state index contributed by atoms with van der Waals surface area (Å²) in [5.74, 6) is -0.997. The number of rotatable bonds is 15. The van der Waals surface area contributed by atoms with E-state index in [2.05, 4.69) is 5.32 Å². The third kappa shape index (κ3) is 9.31. The van der Waals surface area contributed by atoms with E-state index in [-0.39, 0.29) is 30.1 Å². The highest BCUT2D eigenvalue weighted by atomic mass is 32.2. The molecule has 2 amide bonds. The molecule has 220 valence electrons. The van der Waals surface area contributed by atoms with Gasteiger partial charge in [0.1, 0.15) is 24.2 Å². The van der Waals surface area contributed by atoms with Gasteiger partial charge >= 0.3 is 0 Å². The first-order chi connectivity index (χ1) is 19.6. The zero-order valence-corrected chi connectivity index (χ0v) is 24.6. The van der Waals surface area contributed by atoms with Crippen molar-refractivity contribution in [1.29, 1.82) is 0 Å². The lowest BCUT2D eigenvalue weighted by molar-refractivity contribution is -0.140. The lowest BCUT2D eigenvalue weighted by Crippen LogP contribution is -2.53. The van der Waals surface area contributed by atoms with Gasteiger partial charge in [-0.15, -0.1) is 0 Å². The minimum absolute atomic E-state index is 0.168. The molecule has 3 rings (SSSR count). The van der Waals surface area contributed by atoms with E-state index in [1.54, 1.807) is 42.5 Å². The average molecular weight is 584 g/mol. The van der Waals surface area contributed by atoms with Crippen LogP contribution >= 0.6 is 0 Å². The molecule has 0 aliphatic carbocycles. The minimum Gasteiger partial charge on any atom is -0.494 e. The highest BCUT2D eigenvalue weighted by Gasteiger charge is 2.33. The second-order valence-electron chi connectivity index (χ2n) is 9.66. The summed E-state index contributed by atoms with van der Waals surface area (Å²) in [7, 11) is -3.90. The van der Waals surface area contributed by atoms with Crippen LogP contribution in [0.4, 0.5) is 10.1 Å². The van der Waals surface area contributed by atoms with Gasteiger partial charge < -0.3 is 15.0 Å². The zero-order valence-electron chi connectivity index (χ0n) is 23.8. The average Bonchev–Trinajstić information content (AvgIpc) is 2.95. The molecule has 0 heterocycles. The second-order valence-corrected chi connectivity index (χ2v) is 11.6. The molecule has 0 radical (unpaired) electrons. The Kier molecular flexibility index (Phi) is 11.7. The summed E-state index contributed by atoms with van der Waals surface area (Å²) >= 11 is 0. The van der Waals surface area contributed by atoms with Crippen molar-refractivity contribution in [2.24, 2.45) is 0 Å². The number of benzene rings is 3. The van der Waals surface area contributed by atoms with E-state index in [0.29, 0.717) is 18.9 Å². The van der Waals surface area contributed by atoms with E-state index in [0.717, 1.165) is 29.0 Å². The van der Waals surface area contributed by atoms with Gasteiger partial charge in [-0.1, -0.05) is 61.9 Å². The maximum absolute atomic E-state index is 14.8. The summed E-state index contributed by atoms with van der Waals surface area (Å²) in [5.41, 5.74) is 1.29. The Morgan fingerprint density at radius 1 is 0.951 bits per heavy atom. The van der Waals surface area contributed by atoms with Crippen molar-refractivity contribution in [2.75, 3.05) is 30.3 Å². The van der Waals surface area contributed by atoms with Gasteiger partial charge in [-0.3, -0.25) is 13.9 Å². The monoisotopic (exact) mass is 583 g/mol. The predicted octanol–water partition coefficient (Wildman–Crippen LogP) is 4.55. The number of halogens is 1. The molecule has 0 spiro atoms. The number of amides is 2. The summed E-state index contributed by atoms with van der Waals surface area (Å²) in [5, 5.41) is 2.90. The standard InChI is InChI=1S/C31H38FN3O5S/c1-4-6-20-33-31(37)29(21-24-12-8-7-9-13-24)34(22-25-14-10-11-15-28(25)32)30(36)23-35(41(3,38)39)26-16-18-27(19-17-26)40-5-2/h7-19,29H,4-6,20-23H2,1-3H3,(H,33,37)/t29-/m0/s1. The van der Waals surface area contributed by atoms with E-state index in [1.165, 1.54) is 11.0 Å². The fourth-order valence-electron chi connectivity index (χ4n) is 4.36. The van der Waals surface area contributed by atoms with Gasteiger partial charge in [0.15, 0.2) is 0 Å². The van der Waals surface area contributed by atoms with Crippen LogP contribution in [-0.2, 0) is 32.6 Å². The number of sulfonamides is 1. The lowest BCUT2D eigenvalue weighted by Gasteiger charge is -2.33. The molecule has 3 aromatic rings. The second kappa shape index (κ2) is 15.2. The Bertz CT molecular complexity index is 1380. The molecular formula is C31H38FN3O5S. The normalized spacial score (nSPS) is 11.9. The number of anilines is 1. The molecule has 0 saturated carbocycles. The molecule has 0 unspecified atom stereocenters. The smallest absolute Gasteiger partial charge is 0.244 e. The number of carbonyl (C=O) groups excluding carboxylic acids is 2. The van der Waals surface area contributed by atoms with Gasteiger partial charge in [0, 0.05) is 25.1 Å². The van der Waals surface area contributed by atoms with Crippen LogP contribution in [-0.4, -0.2) is 57.1 Å². The number of hydrogen-bond donors (Lipinski definition) is 1. The third-order valence-corrected chi connectivity index (χ3v) is 7.65. The molecule has 1 N–H and O–H groups in total. The highest BCUT2D eigenvalue weighted by molar-refractivity contribution is 7.92. The van der Waals surface area contributed by atoms with Gasteiger partial charge in [0.2, 0.25) is 21.8 Å². The van der Waals surface area contributed by atoms with Crippen LogP contribution in [0.1, 0.15) is 37.8 Å². The Morgan fingerprint density at radius 2 is 1.61 bits per heavy atom. The Morgan fingerprint density at radius 3 is 2.22 bits per heavy atom. The molecule has 1 atom stereocenters. The fourth-order valence-corrected chi connectivity index (χ4v) is 5.21. The van der Waals surface area contributed by atoms with Crippen LogP contribution < -0.4 is 14.4 Å². The van der Waals surface area contributed by atoms with E-state index < -0.39 is 34.3 Å². The first-order valence-electron chi connectivity index (χ1n) is 13.7. The number of hydrogen-bond acceptors (Lipinski definition) is 5. The number of unbranched alkanes of at least 4 members (excludes halogenated alkanes) is 1. The molecule has 3 aromatic carbocycles. The van der Waals surface area contributed by atoms with Crippen molar-refractivity contribution in [2.45, 2.75) is 45.7 Å². The van der Waals surface area contributed by atoms with Gasteiger partial charge in [0.05, 0.1) is 18.6 Å². The topological polar surface area (TPSA) is 96.0 Å². The van der Waals surface area contributed by atoms with Crippen molar-refractivity contribution < 1.29 is 27.1 Å². The van der Waals surface area contributed by atoms with Crippen LogP contribution in [0.2, 0.25) is 0 Å². The Hall–Kier alpha value is -3.92. The van der Waals surface area contributed by atoms with Crippen LogP contribution in [0.25, 0.3) is 0 Å². The van der Waals surface area contributed by atoms with E-state index >= 15 is 0 Å². The molecule has 0 bridgehead atoms. The molecule has 41 heavy (non-hydrogen) atoms. The Labute approximate surface area is 242 Å². The molecule has 10 heteroatoms. The maximum atomic E-state index is 14.8. The maximum Gasteiger partial charge on any atom is 0.244 e. The number of nitrogens with one attached hydrogen (secondary N) is 1. The summed E-state index contributed by atoms with van der Waals surface area (Å²) in [6.45, 7) is 3.91. The quantitative estimate of drug-likeness (QED) is 0.265. The van der Waals surface area contributed by atoms with Gasteiger partial charge in [-0.05, 0) is 49.2 Å². The van der Waals surface area contributed by atoms with Crippen LogP contribution in [0.3, 0.4) is 0 Å². The number of carbonyl (C=O) groups is 2. The summed E-state index contributed by atoms with van der Waals surface area (Å²) < 4.78 is 47.0. The molecule has 0 fully saturated rings. The first-order valence-corrected chi connectivity index (χ1v) is 15.5. The van der Waals surface area contributed by atoms with Crippen LogP contribution in [0.5, 0.6) is 5.75 Å². The largest absolute Gasteiger partial charge is 0.494 e. The van der Waals surface area contributed by atoms with Crippen molar-refractivity contribution in [3.63, 3.8) is 0 Å². The van der Waals surface area contributed by atoms with Gasteiger partial charge in [-0.25, -0.2) is 12.8 Å². The molecule has 0 aliphatic heterocycles. The Balaban J connectivity index is 2.02. The van der Waals surface area contributed by atoms with E-state index in [9.17, 15) is 22.4 Å². The SMILES string of the molecule is CCCCNC(=O)[C@H](Cc1ccccc1)N(Cc1ccccc1F)C(=O)CN(c1ccc(OCC)cc1)S(C)(=O)=O. The minimum atomic E-state index is -3.90.